The van der Waals surface area contributed by atoms with Crippen molar-refractivity contribution in [2.45, 2.75) is 13.8 Å². The molecule has 0 aliphatic heterocycles. The van der Waals surface area contributed by atoms with Crippen LogP contribution in [0.2, 0.25) is 0 Å². The summed E-state index contributed by atoms with van der Waals surface area (Å²) in [6.07, 6.45) is 0. The standard InChI is InChI=1S/C40H30N6O4/c1-27-13-23-37(35(25-27)45-43-31-9-5-3-6-10-31)49-39(47)29-15-19-33(20-16-29)41-42-34-21-17-30(18-22-34)40(48)50-38-24-14-28(2)26-36(38)46-44-32-11-7-4-8-12-32/h3-26H,1-2H3/b42-41+,45-43+,46-44+. The van der Waals surface area contributed by atoms with Gasteiger partial charge in [0.25, 0.3) is 0 Å². The smallest absolute Gasteiger partial charge is 0.343 e. The second-order valence-corrected chi connectivity index (χ2v) is 11.1. The predicted molar refractivity (Wildman–Crippen MR) is 191 cm³/mol. The molecule has 0 fully saturated rings. The fourth-order valence-electron chi connectivity index (χ4n) is 4.56. The van der Waals surface area contributed by atoms with E-state index in [1.807, 2.05) is 86.6 Å². The minimum absolute atomic E-state index is 0.296. The Balaban J connectivity index is 1.07. The molecule has 6 aromatic rings. The summed E-state index contributed by atoms with van der Waals surface area (Å²) in [6, 6.07) is 42.3. The van der Waals surface area contributed by atoms with Gasteiger partial charge in [0.05, 0.1) is 33.9 Å². The molecular formula is C40H30N6O4. The molecule has 0 unspecified atom stereocenters. The van der Waals surface area contributed by atoms with Gasteiger partial charge in [-0.3, -0.25) is 0 Å². The van der Waals surface area contributed by atoms with Crippen molar-refractivity contribution in [2.24, 2.45) is 30.7 Å². The maximum atomic E-state index is 12.9. The van der Waals surface area contributed by atoms with Crippen LogP contribution >= 0.6 is 0 Å². The van der Waals surface area contributed by atoms with Gasteiger partial charge in [-0.1, -0.05) is 48.5 Å². The molecule has 6 aromatic carbocycles. The van der Waals surface area contributed by atoms with E-state index in [1.165, 1.54) is 0 Å². The van der Waals surface area contributed by atoms with Gasteiger partial charge in [0.2, 0.25) is 0 Å². The SMILES string of the molecule is Cc1ccc(OC(=O)c2ccc(/N=N/c3ccc(C(=O)Oc4ccc(C)cc4/N=N/c4ccccc4)cc3)cc2)c(/N=N/c2ccccc2)c1. The van der Waals surface area contributed by atoms with Crippen LogP contribution in [0.25, 0.3) is 0 Å². The first-order valence-electron chi connectivity index (χ1n) is 15.6. The molecule has 0 aliphatic rings. The summed E-state index contributed by atoms with van der Waals surface area (Å²) in [4.78, 5) is 25.9. The van der Waals surface area contributed by atoms with Crippen molar-refractivity contribution in [1.82, 2.24) is 0 Å². The third kappa shape index (κ3) is 8.90. The Morgan fingerprint density at radius 1 is 0.400 bits per heavy atom. The topological polar surface area (TPSA) is 127 Å². The summed E-state index contributed by atoms with van der Waals surface area (Å²) >= 11 is 0. The molecule has 0 N–H and O–H groups in total. The third-order valence-electron chi connectivity index (χ3n) is 7.18. The van der Waals surface area contributed by atoms with Crippen LogP contribution in [0.5, 0.6) is 11.5 Å². The van der Waals surface area contributed by atoms with Crippen molar-refractivity contribution < 1.29 is 19.1 Å². The zero-order valence-electron chi connectivity index (χ0n) is 27.2. The minimum atomic E-state index is -0.548. The van der Waals surface area contributed by atoms with Crippen molar-refractivity contribution in [1.29, 1.82) is 0 Å². The van der Waals surface area contributed by atoms with Gasteiger partial charge in [0.15, 0.2) is 11.5 Å². The van der Waals surface area contributed by atoms with Crippen LogP contribution in [0.15, 0.2) is 176 Å². The van der Waals surface area contributed by atoms with E-state index in [1.54, 1.807) is 72.8 Å². The van der Waals surface area contributed by atoms with Crippen molar-refractivity contribution in [3.63, 3.8) is 0 Å². The van der Waals surface area contributed by atoms with Crippen LogP contribution in [0.4, 0.5) is 34.1 Å². The van der Waals surface area contributed by atoms with E-state index >= 15 is 0 Å². The first-order valence-corrected chi connectivity index (χ1v) is 15.6. The summed E-state index contributed by atoms with van der Waals surface area (Å²) < 4.78 is 11.3. The Labute approximate surface area is 288 Å². The Morgan fingerprint density at radius 2 is 0.740 bits per heavy atom. The molecule has 0 heterocycles. The quantitative estimate of drug-likeness (QED) is 0.0824. The minimum Gasteiger partial charge on any atom is -0.421 e. The third-order valence-corrected chi connectivity index (χ3v) is 7.18. The first-order chi connectivity index (χ1) is 24.4. The molecule has 0 radical (unpaired) electrons. The number of aryl methyl sites for hydroxylation is 2. The summed E-state index contributed by atoms with van der Waals surface area (Å²) in [5.74, 6) is -0.505. The Kier molecular flexibility index (Phi) is 10.4. The number of hydrogen-bond acceptors (Lipinski definition) is 10. The maximum Gasteiger partial charge on any atom is 0.343 e. The molecule has 0 atom stereocenters. The Morgan fingerprint density at radius 3 is 1.12 bits per heavy atom. The van der Waals surface area contributed by atoms with Gasteiger partial charge >= 0.3 is 11.9 Å². The van der Waals surface area contributed by atoms with Crippen LogP contribution in [0.1, 0.15) is 31.8 Å². The Hall–Kier alpha value is -6.94. The van der Waals surface area contributed by atoms with E-state index in [-0.39, 0.29) is 0 Å². The van der Waals surface area contributed by atoms with Gasteiger partial charge in [-0.05, 0) is 122 Å². The number of nitrogens with zero attached hydrogens (tertiary/aromatic N) is 6. The summed E-state index contributed by atoms with van der Waals surface area (Å²) in [7, 11) is 0. The monoisotopic (exact) mass is 658 g/mol. The van der Waals surface area contributed by atoms with Gasteiger partial charge in [0.1, 0.15) is 11.4 Å². The number of hydrogen-bond donors (Lipinski definition) is 0. The predicted octanol–water partition coefficient (Wildman–Crippen LogP) is 12.0. The molecule has 244 valence electrons. The molecule has 10 nitrogen and oxygen atoms in total. The average Bonchev–Trinajstić information content (AvgIpc) is 3.15. The van der Waals surface area contributed by atoms with Crippen LogP contribution in [0, 0.1) is 13.8 Å². The zero-order chi connectivity index (χ0) is 34.7. The summed E-state index contributed by atoms with van der Waals surface area (Å²) in [5.41, 5.74) is 5.87. The van der Waals surface area contributed by atoms with E-state index in [9.17, 15) is 9.59 Å². The highest BCUT2D eigenvalue weighted by Crippen LogP contribution is 2.33. The summed E-state index contributed by atoms with van der Waals surface area (Å²) in [5, 5.41) is 25.6. The van der Waals surface area contributed by atoms with E-state index in [0.717, 1.165) is 11.1 Å². The molecule has 10 heteroatoms. The lowest BCUT2D eigenvalue weighted by Crippen LogP contribution is -2.08. The van der Waals surface area contributed by atoms with E-state index in [0.29, 0.717) is 56.8 Å². The van der Waals surface area contributed by atoms with E-state index in [4.69, 9.17) is 9.47 Å². The number of rotatable bonds is 10. The largest absolute Gasteiger partial charge is 0.421 e. The second-order valence-electron chi connectivity index (χ2n) is 11.1. The highest BCUT2D eigenvalue weighted by Gasteiger charge is 2.14. The Bertz CT molecular complexity index is 2040. The van der Waals surface area contributed by atoms with Crippen LogP contribution < -0.4 is 9.47 Å². The average molecular weight is 659 g/mol. The van der Waals surface area contributed by atoms with Gasteiger partial charge in [-0.25, -0.2) is 9.59 Å². The van der Waals surface area contributed by atoms with Crippen molar-refractivity contribution >= 4 is 46.1 Å². The number of benzene rings is 6. The fourth-order valence-corrected chi connectivity index (χ4v) is 4.56. The first kappa shape index (κ1) is 33.0. The van der Waals surface area contributed by atoms with Crippen molar-refractivity contribution in [2.75, 3.05) is 0 Å². The molecule has 0 aromatic heterocycles. The maximum absolute atomic E-state index is 12.9. The van der Waals surface area contributed by atoms with Crippen LogP contribution in [-0.4, -0.2) is 11.9 Å². The number of esters is 2. The molecule has 6 rings (SSSR count). The normalized spacial score (nSPS) is 11.3. The van der Waals surface area contributed by atoms with Crippen LogP contribution in [0.3, 0.4) is 0 Å². The molecule has 0 saturated carbocycles. The molecular weight excluding hydrogens is 628 g/mol. The number of carbonyl (C=O) groups is 2. The number of carbonyl (C=O) groups excluding carboxylic acids is 2. The van der Waals surface area contributed by atoms with Gasteiger partial charge in [-0.2, -0.15) is 20.5 Å². The second kappa shape index (κ2) is 15.8. The zero-order valence-corrected chi connectivity index (χ0v) is 27.2. The summed E-state index contributed by atoms with van der Waals surface area (Å²) in [6.45, 7) is 3.85. The molecule has 0 bridgehead atoms. The van der Waals surface area contributed by atoms with E-state index < -0.39 is 11.9 Å². The fraction of sp³-hybridized carbons (Fsp3) is 0.0500. The lowest BCUT2D eigenvalue weighted by atomic mass is 10.2. The highest BCUT2D eigenvalue weighted by atomic mass is 16.5. The molecule has 0 amide bonds. The number of ether oxygens (including phenoxy) is 2. The lowest BCUT2D eigenvalue weighted by molar-refractivity contribution is 0.0726. The molecule has 50 heavy (non-hydrogen) atoms. The van der Waals surface area contributed by atoms with Gasteiger partial charge in [0, 0.05) is 0 Å². The van der Waals surface area contributed by atoms with Crippen LogP contribution in [-0.2, 0) is 0 Å². The number of azo groups is 3. The van der Waals surface area contributed by atoms with E-state index in [2.05, 4.69) is 30.7 Å². The highest BCUT2D eigenvalue weighted by molar-refractivity contribution is 5.92. The van der Waals surface area contributed by atoms with Crippen molar-refractivity contribution in [3.05, 3.63) is 168 Å². The lowest BCUT2D eigenvalue weighted by Gasteiger charge is -2.08. The molecule has 0 aliphatic carbocycles. The van der Waals surface area contributed by atoms with Gasteiger partial charge < -0.3 is 9.47 Å². The molecule has 0 spiro atoms. The van der Waals surface area contributed by atoms with Gasteiger partial charge in [-0.15, -0.1) is 10.2 Å². The van der Waals surface area contributed by atoms with Crippen molar-refractivity contribution in [3.8, 4) is 11.5 Å². The molecule has 0 saturated heterocycles.